The van der Waals surface area contributed by atoms with Gasteiger partial charge in [-0.15, -0.1) is 0 Å². The number of hydrogen-bond acceptors (Lipinski definition) is 4. The molecule has 5 heteroatoms. The van der Waals surface area contributed by atoms with E-state index in [1.807, 2.05) is 6.92 Å². The van der Waals surface area contributed by atoms with E-state index in [1.54, 1.807) is 12.1 Å². The van der Waals surface area contributed by atoms with Gasteiger partial charge < -0.3 is 14.7 Å². The predicted octanol–water partition coefficient (Wildman–Crippen LogP) is 1.48. The number of amides is 1. The van der Waals surface area contributed by atoms with Crippen LogP contribution in [-0.2, 0) is 9.53 Å². The first-order chi connectivity index (χ1) is 9.04. The van der Waals surface area contributed by atoms with Gasteiger partial charge in [0.2, 0.25) is 0 Å². The Morgan fingerprint density at radius 2 is 2.16 bits per heavy atom. The van der Waals surface area contributed by atoms with Gasteiger partial charge in [-0.05, 0) is 37.5 Å². The summed E-state index contributed by atoms with van der Waals surface area (Å²) in [6, 6.07) is 4.34. The van der Waals surface area contributed by atoms with Crippen LogP contribution in [0.1, 0.15) is 28.8 Å². The van der Waals surface area contributed by atoms with Crippen LogP contribution in [0.4, 0.5) is 0 Å². The fraction of sp³-hybridized carbons (Fsp3) is 0.429. The van der Waals surface area contributed by atoms with Gasteiger partial charge in [0.05, 0.1) is 12.7 Å². The van der Waals surface area contributed by atoms with Crippen molar-refractivity contribution < 1.29 is 19.4 Å². The lowest BCUT2D eigenvalue weighted by molar-refractivity contribution is -0.145. The molecule has 0 bridgehead atoms. The van der Waals surface area contributed by atoms with Gasteiger partial charge in [0.25, 0.3) is 5.91 Å². The first-order valence-electron chi connectivity index (χ1n) is 6.23. The fourth-order valence-electron chi connectivity index (χ4n) is 2.37. The highest BCUT2D eigenvalue weighted by atomic mass is 16.5. The number of aromatic hydroxyl groups is 1. The summed E-state index contributed by atoms with van der Waals surface area (Å²) in [5.74, 6) is -0.789. The number of benzene rings is 1. The molecule has 0 saturated carbocycles. The maximum absolute atomic E-state index is 12.4. The highest BCUT2D eigenvalue weighted by Crippen LogP contribution is 2.25. The number of nitrogens with zero attached hydrogens (tertiary/aromatic N) is 1. The lowest BCUT2D eigenvalue weighted by Gasteiger charge is -2.23. The summed E-state index contributed by atoms with van der Waals surface area (Å²) >= 11 is 0. The van der Waals surface area contributed by atoms with Crippen LogP contribution in [-0.4, -0.2) is 41.6 Å². The molecule has 2 rings (SSSR count). The fourth-order valence-corrected chi connectivity index (χ4v) is 2.37. The van der Waals surface area contributed by atoms with Gasteiger partial charge in [-0.25, -0.2) is 4.79 Å². The van der Waals surface area contributed by atoms with E-state index in [-0.39, 0.29) is 17.2 Å². The van der Waals surface area contributed by atoms with Crippen LogP contribution >= 0.6 is 0 Å². The normalized spacial score (nSPS) is 18.4. The number of phenolic OH excluding ortho intramolecular Hbond substituents is 1. The van der Waals surface area contributed by atoms with E-state index in [9.17, 15) is 14.7 Å². The smallest absolute Gasteiger partial charge is 0.328 e. The average Bonchev–Trinajstić information content (AvgIpc) is 2.86. The second kappa shape index (κ2) is 5.30. The van der Waals surface area contributed by atoms with Crippen LogP contribution in [0.15, 0.2) is 18.2 Å². The van der Waals surface area contributed by atoms with E-state index in [0.717, 1.165) is 12.0 Å². The molecular formula is C14H17NO4. The topological polar surface area (TPSA) is 66.8 Å². The minimum absolute atomic E-state index is 0.0551. The molecule has 0 aromatic heterocycles. The second-order valence-corrected chi connectivity index (χ2v) is 4.70. The molecule has 1 aliphatic rings. The van der Waals surface area contributed by atoms with Gasteiger partial charge >= 0.3 is 5.97 Å². The highest BCUT2D eigenvalue weighted by Gasteiger charge is 2.35. The molecule has 19 heavy (non-hydrogen) atoms. The van der Waals surface area contributed by atoms with E-state index in [2.05, 4.69) is 0 Å². The SMILES string of the molecule is COC(=O)C1CCCN1C(=O)c1ccc(C)cc1O. The van der Waals surface area contributed by atoms with Crippen molar-refractivity contribution in [3.63, 3.8) is 0 Å². The zero-order chi connectivity index (χ0) is 14.0. The Bertz CT molecular complexity index is 512. The number of carbonyl (C=O) groups excluding carboxylic acids is 2. The number of phenols is 1. The molecule has 1 fully saturated rings. The molecule has 1 amide bonds. The maximum Gasteiger partial charge on any atom is 0.328 e. The molecule has 1 aromatic rings. The Kier molecular flexibility index (Phi) is 3.74. The maximum atomic E-state index is 12.4. The Morgan fingerprint density at radius 3 is 2.79 bits per heavy atom. The molecule has 1 atom stereocenters. The van der Waals surface area contributed by atoms with Crippen LogP contribution in [0.2, 0.25) is 0 Å². The van der Waals surface area contributed by atoms with Crippen LogP contribution < -0.4 is 0 Å². The number of hydrogen-bond donors (Lipinski definition) is 1. The van der Waals surface area contributed by atoms with Crippen LogP contribution in [0.3, 0.4) is 0 Å². The minimum Gasteiger partial charge on any atom is -0.507 e. The lowest BCUT2D eigenvalue weighted by Crippen LogP contribution is -2.41. The van der Waals surface area contributed by atoms with Crippen LogP contribution in [0.25, 0.3) is 0 Å². The lowest BCUT2D eigenvalue weighted by atomic mass is 10.1. The van der Waals surface area contributed by atoms with Gasteiger partial charge in [0.15, 0.2) is 0 Å². The molecule has 0 aliphatic carbocycles. The molecular weight excluding hydrogens is 246 g/mol. The molecule has 1 unspecified atom stereocenters. The number of ether oxygens (including phenoxy) is 1. The Labute approximate surface area is 111 Å². The third kappa shape index (κ3) is 2.54. The molecule has 1 aliphatic heterocycles. The molecule has 0 radical (unpaired) electrons. The largest absolute Gasteiger partial charge is 0.507 e. The summed E-state index contributed by atoms with van der Waals surface area (Å²) in [7, 11) is 1.31. The molecule has 1 N–H and O–H groups in total. The third-order valence-electron chi connectivity index (χ3n) is 3.37. The van der Waals surface area contributed by atoms with Crippen molar-refractivity contribution in [2.45, 2.75) is 25.8 Å². The Balaban J connectivity index is 2.25. The van der Waals surface area contributed by atoms with Crippen molar-refractivity contribution in [1.29, 1.82) is 0 Å². The van der Waals surface area contributed by atoms with E-state index in [1.165, 1.54) is 18.1 Å². The van der Waals surface area contributed by atoms with E-state index in [4.69, 9.17) is 4.74 Å². The molecule has 102 valence electrons. The van der Waals surface area contributed by atoms with E-state index >= 15 is 0 Å². The van der Waals surface area contributed by atoms with E-state index in [0.29, 0.717) is 13.0 Å². The zero-order valence-corrected chi connectivity index (χ0v) is 11.0. The molecule has 1 heterocycles. The standard InChI is InChI=1S/C14H17NO4/c1-9-5-6-10(12(16)8-9)13(17)15-7-3-4-11(15)14(18)19-2/h5-6,8,11,16H,3-4,7H2,1-2H3. The zero-order valence-electron chi connectivity index (χ0n) is 11.0. The first kappa shape index (κ1) is 13.4. The van der Waals surface area contributed by atoms with Gasteiger partial charge in [0.1, 0.15) is 11.8 Å². The van der Waals surface area contributed by atoms with Crippen molar-refractivity contribution in [1.82, 2.24) is 4.90 Å². The van der Waals surface area contributed by atoms with Crippen LogP contribution in [0.5, 0.6) is 5.75 Å². The van der Waals surface area contributed by atoms with Gasteiger partial charge in [-0.2, -0.15) is 0 Å². The van der Waals surface area contributed by atoms with Crippen LogP contribution in [0, 0.1) is 6.92 Å². The number of rotatable bonds is 2. The summed E-state index contributed by atoms with van der Waals surface area (Å²) in [4.78, 5) is 25.5. The van der Waals surface area contributed by atoms with Crippen molar-refractivity contribution in [2.24, 2.45) is 0 Å². The Morgan fingerprint density at radius 1 is 1.42 bits per heavy atom. The summed E-state index contributed by atoms with van der Waals surface area (Å²) in [5.41, 5.74) is 1.10. The van der Waals surface area contributed by atoms with Crippen molar-refractivity contribution in [3.8, 4) is 5.75 Å². The minimum atomic E-state index is -0.543. The summed E-state index contributed by atoms with van der Waals surface area (Å²) < 4.78 is 4.70. The predicted molar refractivity (Wildman–Crippen MR) is 68.9 cm³/mol. The van der Waals surface area contributed by atoms with E-state index < -0.39 is 12.0 Å². The third-order valence-corrected chi connectivity index (χ3v) is 3.37. The monoisotopic (exact) mass is 263 g/mol. The van der Waals surface area contributed by atoms with Crippen molar-refractivity contribution in [2.75, 3.05) is 13.7 Å². The summed E-state index contributed by atoms with van der Waals surface area (Å²) in [6.45, 7) is 2.34. The first-order valence-corrected chi connectivity index (χ1v) is 6.23. The second-order valence-electron chi connectivity index (χ2n) is 4.70. The summed E-state index contributed by atoms with van der Waals surface area (Å²) in [5, 5.41) is 9.84. The van der Waals surface area contributed by atoms with Gasteiger partial charge in [-0.1, -0.05) is 6.07 Å². The summed E-state index contributed by atoms with van der Waals surface area (Å²) in [6.07, 6.45) is 1.36. The number of methoxy groups -OCH3 is 1. The molecule has 1 aromatic carbocycles. The van der Waals surface area contributed by atoms with Crippen molar-refractivity contribution in [3.05, 3.63) is 29.3 Å². The number of esters is 1. The van der Waals surface area contributed by atoms with Crippen molar-refractivity contribution >= 4 is 11.9 Å². The van der Waals surface area contributed by atoms with Gasteiger partial charge in [0, 0.05) is 6.54 Å². The number of carbonyl (C=O) groups is 2. The quantitative estimate of drug-likeness (QED) is 0.821. The average molecular weight is 263 g/mol. The Hall–Kier alpha value is -2.04. The number of likely N-dealkylation sites (tertiary alicyclic amines) is 1. The molecule has 1 saturated heterocycles. The highest BCUT2D eigenvalue weighted by molar-refractivity contribution is 5.99. The number of aryl methyl sites for hydroxylation is 1. The molecule has 0 spiro atoms. The van der Waals surface area contributed by atoms with Gasteiger partial charge in [-0.3, -0.25) is 4.79 Å². The molecule has 5 nitrogen and oxygen atoms in total.